The molecular weight excluding hydrogens is 299 g/mol. The van der Waals surface area contributed by atoms with Gasteiger partial charge in [-0.05, 0) is 36.8 Å². The molecule has 2 aromatic carbocycles. The average molecular weight is 310 g/mol. The second-order valence-corrected chi connectivity index (χ2v) is 5.33. The number of aryl methyl sites for hydroxylation is 1. The Morgan fingerprint density at radius 2 is 1.67 bits per heavy atom. The van der Waals surface area contributed by atoms with Crippen LogP contribution in [0.4, 0.5) is 13.2 Å². The second-order valence-electron chi connectivity index (χ2n) is 4.89. The van der Waals surface area contributed by atoms with Crippen LogP contribution in [0.25, 0.3) is 22.0 Å². The molecule has 108 valence electrons. The number of aromatic nitrogens is 1. The number of halogens is 4. The van der Waals surface area contributed by atoms with Gasteiger partial charge in [-0.15, -0.1) is 0 Å². The van der Waals surface area contributed by atoms with E-state index in [4.69, 9.17) is 11.6 Å². The molecule has 1 heterocycles. The van der Waals surface area contributed by atoms with Gasteiger partial charge in [0.15, 0.2) is 0 Å². The van der Waals surface area contributed by atoms with Crippen molar-refractivity contribution in [3.05, 3.63) is 58.7 Å². The highest BCUT2D eigenvalue weighted by Gasteiger charge is 2.30. The van der Waals surface area contributed by atoms with Crippen molar-refractivity contribution < 1.29 is 13.2 Å². The molecule has 1 nitrogen and oxygen atoms in total. The molecule has 21 heavy (non-hydrogen) atoms. The molecule has 0 atom stereocenters. The van der Waals surface area contributed by atoms with Crippen LogP contribution in [0.2, 0.25) is 5.02 Å². The van der Waals surface area contributed by atoms with E-state index >= 15 is 0 Å². The fourth-order valence-corrected chi connectivity index (χ4v) is 2.62. The average Bonchev–Trinajstić information content (AvgIpc) is 2.74. The van der Waals surface area contributed by atoms with Crippen molar-refractivity contribution in [2.24, 2.45) is 0 Å². The lowest BCUT2D eigenvalue weighted by molar-refractivity contribution is -0.137. The Kier molecular flexibility index (Phi) is 3.21. The topological polar surface area (TPSA) is 15.8 Å². The van der Waals surface area contributed by atoms with E-state index in [-0.39, 0.29) is 0 Å². The van der Waals surface area contributed by atoms with Gasteiger partial charge in [0.25, 0.3) is 0 Å². The molecule has 1 aromatic heterocycles. The zero-order chi connectivity index (χ0) is 15.2. The van der Waals surface area contributed by atoms with Crippen LogP contribution < -0.4 is 0 Å². The van der Waals surface area contributed by atoms with E-state index in [0.29, 0.717) is 10.5 Å². The maximum atomic E-state index is 12.8. The summed E-state index contributed by atoms with van der Waals surface area (Å²) in [5.41, 5.74) is 2.47. The molecule has 0 saturated carbocycles. The van der Waals surface area contributed by atoms with Gasteiger partial charge in [0.05, 0.1) is 5.56 Å². The number of H-pyrrole nitrogens is 1. The molecular formula is C16H11ClF3N. The molecule has 0 saturated heterocycles. The summed E-state index contributed by atoms with van der Waals surface area (Å²) >= 11 is 5.87. The predicted octanol–water partition coefficient (Wildman–Crippen LogP) is 5.82. The van der Waals surface area contributed by atoms with Crippen LogP contribution in [0.5, 0.6) is 0 Å². The number of alkyl halides is 3. The molecule has 0 aliphatic heterocycles. The number of hydrogen-bond acceptors (Lipinski definition) is 0. The van der Waals surface area contributed by atoms with Crippen LogP contribution in [-0.2, 0) is 6.18 Å². The van der Waals surface area contributed by atoms with E-state index in [0.717, 1.165) is 34.3 Å². The molecule has 0 bridgehead atoms. The van der Waals surface area contributed by atoms with Gasteiger partial charge in [0, 0.05) is 27.2 Å². The van der Waals surface area contributed by atoms with E-state index < -0.39 is 11.7 Å². The van der Waals surface area contributed by atoms with E-state index in [9.17, 15) is 13.2 Å². The fraction of sp³-hybridized carbons (Fsp3) is 0.125. The van der Waals surface area contributed by atoms with Crippen LogP contribution >= 0.6 is 11.6 Å². The number of aromatic amines is 1. The van der Waals surface area contributed by atoms with Crippen molar-refractivity contribution in [3.8, 4) is 11.1 Å². The Labute approximate surface area is 124 Å². The smallest absolute Gasteiger partial charge is 0.358 e. The Morgan fingerprint density at radius 3 is 2.29 bits per heavy atom. The van der Waals surface area contributed by atoms with Crippen molar-refractivity contribution >= 4 is 22.5 Å². The molecule has 0 fully saturated rings. The summed E-state index contributed by atoms with van der Waals surface area (Å²) in [5, 5.41) is 1.39. The Balaban J connectivity index is 2.20. The Morgan fingerprint density at radius 1 is 1.00 bits per heavy atom. The molecule has 0 spiro atoms. The minimum atomic E-state index is -4.34. The number of benzene rings is 2. The first kappa shape index (κ1) is 14.0. The van der Waals surface area contributed by atoms with E-state index in [1.807, 2.05) is 19.1 Å². The number of hydrogen-bond donors (Lipinski definition) is 1. The number of rotatable bonds is 1. The lowest BCUT2D eigenvalue weighted by Crippen LogP contribution is -2.04. The monoisotopic (exact) mass is 309 g/mol. The highest BCUT2D eigenvalue weighted by Crippen LogP contribution is 2.36. The highest BCUT2D eigenvalue weighted by molar-refractivity contribution is 6.30. The molecule has 5 heteroatoms. The van der Waals surface area contributed by atoms with E-state index in [1.165, 1.54) is 6.07 Å². The first-order chi connectivity index (χ1) is 9.86. The highest BCUT2D eigenvalue weighted by atomic mass is 35.5. The standard InChI is InChI=1S/C16H11ClF3N/c1-9-15(10-2-5-12(17)6-3-10)13-7-4-11(16(18,19)20)8-14(13)21-9/h2-8,21H,1H3. The minimum Gasteiger partial charge on any atom is -0.358 e. The number of nitrogens with one attached hydrogen (secondary N) is 1. The fourth-order valence-electron chi connectivity index (χ4n) is 2.50. The van der Waals surface area contributed by atoms with Crippen molar-refractivity contribution in [2.75, 3.05) is 0 Å². The van der Waals surface area contributed by atoms with Crippen LogP contribution in [0.15, 0.2) is 42.5 Å². The molecule has 3 aromatic rings. The van der Waals surface area contributed by atoms with Crippen LogP contribution in [0, 0.1) is 6.92 Å². The maximum Gasteiger partial charge on any atom is 0.416 e. The molecule has 3 rings (SSSR count). The summed E-state index contributed by atoms with van der Waals surface area (Å²) < 4.78 is 38.3. The first-order valence-corrected chi connectivity index (χ1v) is 6.69. The predicted molar refractivity (Wildman–Crippen MR) is 78.5 cm³/mol. The molecule has 0 aliphatic rings. The normalized spacial score (nSPS) is 12.0. The molecule has 1 N–H and O–H groups in total. The molecule has 0 radical (unpaired) electrons. The van der Waals surface area contributed by atoms with Gasteiger partial charge < -0.3 is 4.98 Å². The lowest BCUT2D eigenvalue weighted by Gasteiger charge is -2.06. The van der Waals surface area contributed by atoms with Gasteiger partial charge in [-0.25, -0.2) is 0 Å². The van der Waals surface area contributed by atoms with Gasteiger partial charge in [-0.1, -0.05) is 29.8 Å². The summed E-state index contributed by atoms with van der Waals surface area (Å²) in [6.45, 7) is 1.84. The first-order valence-electron chi connectivity index (χ1n) is 6.32. The quantitative estimate of drug-likeness (QED) is 0.583. The van der Waals surface area contributed by atoms with Crippen LogP contribution in [0.3, 0.4) is 0 Å². The summed E-state index contributed by atoms with van der Waals surface area (Å²) in [5.74, 6) is 0. The lowest BCUT2D eigenvalue weighted by atomic mass is 10.0. The maximum absolute atomic E-state index is 12.8. The van der Waals surface area contributed by atoms with Gasteiger partial charge >= 0.3 is 6.18 Å². The summed E-state index contributed by atoms with van der Waals surface area (Å²) in [4.78, 5) is 3.02. The largest absolute Gasteiger partial charge is 0.416 e. The van der Waals surface area contributed by atoms with Crippen molar-refractivity contribution in [2.45, 2.75) is 13.1 Å². The van der Waals surface area contributed by atoms with E-state index in [1.54, 1.807) is 12.1 Å². The van der Waals surface area contributed by atoms with Crippen molar-refractivity contribution in [1.82, 2.24) is 4.98 Å². The molecule has 0 amide bonds. The van der Waals surface area contributed by atoms with Gasteiger partial charge in [0.1, 0.15) is 0 Å². The van der Waals surface area contributed by atoms with Gasteiger partial charge in [-0.2, -0.15) is 13.2 Å². The third-order valence-corrected chi connectivity index (χ3v) is 3.70. The van der Waals surface area contributed by atoms with Crippen LogP contribution in [0.1, 0.15) is 11.3 Å². The summed E-state index contributed by atoms with van der Waals surface area (Å²) in [7, 11) is 0. The SMILES string of the molecule is Cc1[nH]c2cc(C(F)(F)F)ccc2c1-c1ccc(Cl)cc1. The Hall–Kier alpha value is -1.94. The zero-order valence-corrected chi connectivity index (χ0v) is 11.8. The zero-order valence-electron chi connectivity index (χ0n) is 11.1. The third kappa shape index (κ3) is 2.51. The van der Waals surface area contributed by atoms with Crippen LogP contribution in [-0.4, -0.2) is 4.98 Å². The van der Waals surface area contributed by atoms with Gasteiger partial charge in [0.2, 0.25) is 0 Å². The summed E-state index contributed by atoms with van der Waals surface area (Å²) in [6.07, 6.45) is -4.34. The summed E-state index contributed by atoms with van der Waals surface area (Å²) in [6, 6.07) is 11.0. The second kappa shape index (κ2) is 4.81. The third-order valence-electron chi connectivity index (χ3n) is 3.45. The van der Waals surface area contributed by atoms with E-state index in [2.05, 4.69) is 4.98 Å². The minimum absolute atomic E-state index is 0.479. The molecule has 0 aliphatic carbocycles. The van der Waals surface area contributed by atoms with Crippen molar-refractivity contribution in [3.63, 3.8) is 0 Å². The van der Waals surface area contributed by atoms with Crippen molar-refractivity contribution in [1.29, 1.82) is 0 Å². The molecule has 0 unspecified atom stereocenters. The van der Waals surface area contributed by atoms with Gasteiger partial charge in [-0.3, -0.25) is 0 Å². The Bertz CT molecular complexity index is 801. The number of fused-ring (bicyclic) bond motifs is 1.